The molecule has 6 heteroatoms. The molecule has 136 valence electrons. The highest BCUT2D eigenvalue weighted by Gasteiger charge is 2.32. The van der Waals surface area contributed by atoms with E-state index in [1.807, 2.05) is 23.1 Å². The lowest BCUT2D eigenvalue weighted by Crippen LogP contribution is -2.32. The number of amides is 2. The summed E-state index contributed by atoms with van der Waals surface area (Å²) < 4.78 is 10.6. The molecule has 25 heavy (non-hydrogen) atoms. The van der Waals surface area contributed by atoms with E-state index >= 15 is 0 Å². The molecule has 6 nitrogen and oxygen atoms in total. The molecule has 2 aliphatic rings. The Morgan fingerprint density at radius 2 is 2.00 bits per heavy atom. The number of nitrogens with one attached hydrogen (secondary N) is 1. The second kappa shape index (κ2) is 7.76. The maximum absolute atomic E-state index is 12.2. The van der Waals surface area contributed by atoms with Crippen molar-refractivity contribution in [1.82, 2.24) is 10.2 Å². The Morgan fingerprint density at radius 3 is 2.68 bits per heavy atom. The molecule has 1 aromatic carbocycles. The zero-order valence-corrected chi connectivity index (χ0v) is 14.9. The van der Waals surface area contributed by atoms with E-state index in [0.29, 0.717) is 31.0 Å². The SMILES string of the molecule is COc1ccc(CCN2CC(CNC(=O)C3CC3)CC2=O)cc1OC. The standard InChI is InChI=1S/C19H26N2O4/c1-24-16-6-3-13(9-17(16)25-2)7-8-21-12-14(10-18(21)22)11-20-19(23)15-4-5-15/h3,6,9,14-15H,4-5,7-8,10-12H2,1-2H3,(H,20,23). The van der Waals surface area contributed by atoms with Gasteiger partial charge in [0.15, 0.2) is 11.5 Å². The van der Waals surface area contributed by atoms with Crippen molar-refractivity contribution in [3.05, 3.63) is 23.8 Å². The summed E-state index contributed by atoms with van der Waals surface area (Å²) in [5.41, 5.74) is 1.11. The average molecular weight is 346 g/mol. The van der Waals surface area contributed by atoms with Crippen LogP contribution in [0.3, 0.4) is 0 Å². The minimum atomic E-state index is 0.149. The Hall–Kier alpha value is -2.24. The maximum atomic E-state index is 12.2. The summed E-state index contributed by atoms with van der Waals surface area (Å²) in [6, 6.07) is 5.83. The van der Waals surface area contributed by atoms with Gasteiger partial charge >= 0.3 is 0 Å². The molecule has 1 atom stereocenters. The number of benzene rings is 1. The van der Waals surface area contributed by atoms with Gasteiger partial charge in [0.25, 0.3) is 0 Å². The maximum Gasteiger partial charge on any atom is 0.223 e. The van der Waals surface area contributed by atoms with Crippen LogP contribution in [0.2, 0.25) is 0 Å². The smallest absolute Gasteiger partial charge is 0.223 e. The molecule has 1 heterocycles. The van der Waals surface area contributed by atoms with Crippen LogP contribution in [0.15, 0.2) is 18.2 Å². The minimum Gasteiger partial charge on any atom is -0.493 e. The highest BCUT2D eigenvalue weighted by atomic mass is 16.5. The lowest BCUT2D eigenvalue weighted by Gasteiger charge is -2.17. The van der Waals surface area contributed by atoms with Crippen molar-refractivity contribution in [3.63, 3.8) is 0 Å². The number of ether oxygens (including phenoxy) is 2. The van der Waals surface area contributed by atoms with Gasteiger partial charge in [-0.25, -0.2) is 0 Å². The van der Waals surface area contributed by atoms with Gasteiger partial charge in [0.1, 0.15) is 0 Å². The Bertz CT molecular complexity index is 642. The summed E-state index contributed by atoms with van der Waals surface area (Å²) in [6.07, 6.45) is 3.31. The third-order valence-corrected chi connectivity index (χ3v) is 4.93. The predicted octanol–water partition coefficient (Wildman–Crippen LogP) is 1.62. The zero-order chi connectivity index (χ0) is 17.8. The topological polar surface area (TPSA) is 67.9 Å². The van der Waals surface area contributed by atoms with Crippen LogP contribution in [-0.2, 0) is 16.0 Å². The van der Waals surface area contributed by atoms with Gasteiger partial charge in [-0.3, -0.25) is 9.59 Å². The van der Waals surface area contributed by atoms with Gasteiger partial charge in [-0.15, -0.1) is 0 Å². The lowest BCUT2D eigenvalue weighted by molar-refractivity contribution is -0.127. The van der Waals surface area contributed by atoms with Crippen LogP contribution in [0.4, 0.5) is 0 Å². The molecule has 1 unspecified atom stereocenters. The van der Waals surface area contributed by atoms with Crippen molar-refractivity contribution in [3.8, 4) is 11.5 Å². The molecule has 3 rings (SSSR count). The molecule has 1 saturated carbocycles. The van der Waals surface area contributed by atoms with Crippen LogP contribution in [0.5, 0.6) is 11.5 Å². The average Bonchev–Trinajstić information content (AvgIpc) is 3.41. The van der Waals surface area contributed by atoms with Crippen molar-refractivity contribution in [2.75, 3.05) is 33.9 Å². The number of nitrogens with zero attached hydrogens (tertiary/aromatic N) is 1. The predicted molar refractivity (Wildman–Crippen MR) is 93.7 cm³/mol. The largest absolute Gasteiger partial charge is 0.493 e. The van der Waals surface area contributed by atoms with Crippen molar-refractivity contribution in [2.45, 2.75) is 25.7 Å². The second-order valence-corrected chi connectivity index (χ2v) is 6.87. The molecule has 2 fully saturated rings. The Kier molecular flexibility index (Phi) is 5.46. The molecule has 2 amide bonds. The molecule has 1 saturated heterocycles. The minimum absolute atomic E-state index is 0.149. The van der Waals surface area contributed by atoms with Gasteiger partial charge in [0.05, 0.1) is 14.2 Å². The van der Waals surface area contributed by atoms with E-state index in [-0.39, 0.29) is 23.7 Å². The molecule has 0 radical (unpaired) electrons. The summed E-state index contributed by atoms with van der Waals surface area (Å²) in [5, 5.41) is 2.98. The van der Waals surface area contributed by atoms with E-state index in [9.17, 15) is 9.59 Å². The first kappa shape index (κ1) is 17.6. The van der Waals surface area contributed by atoms with Crippen LogP contribution in [0, 0.1) is 11.8 Å². The van der Waals surface area contributed by atoms with Crippen LogP contribution in [-0.4, -0.2) is 50.6 Å². The second-order valence-electron chi connectivity index (χ2n) is 6.87. The molecule has 0 aromatic heterocycles. The van der Waals surface area contributed by atoms with Gasteiger partial charge in [0.2, 0.25) is 11.8 Å². The van der Waals surface area contributed by atoms with Crippen LogP contribution in [0.25, 0.3) is 0 Å². The Labute approximate surface area is 148 Å². The van der Waals surface area contributed by atoms with Crippen LogP contribution < -0.4 is 14.8 Å². The van der Waals surface area contributed by atoms with E-state index in [2.05, 4.69) is 5.32 Å². The number of carbonyl (C=O) groups is 2. The molecule has 0 spiro atoms. The monoisotopic (exact) mass is 346 g/mol. The highest BCUT2D eigenvalue weighted by molar-refractivity contribution is 5.81. The Morgan fingerprint density at radius 1 is 1.24 bits per heavy atom. The number of rotatable bonds is 8. The quantitative estimate of drug-likeness (QED) is 0.777. The number of methoxy groups -OCH3 is 2. The van der Waals surface area contributed by atoms with Crippen molar-refractivity contribution in [1.29, 1.82) is 0 Å². The van der Waals surface area contributed by atoms with E-state index in [1.54, 1.807) is 14.2 Å². The zero-order valence-electron chi connectivity index (χ0n) is 14.9. The van der Waals surface area contributed by atoms with Crippen LogP contribution in [0.1, 0.15) is 24.8 Å². The molecular weight excluding hydrogens is 320 g/mol. The first-order valence-corrected chi connectivity index (χ1v) is 8.87. The summed E-state index contributed by atoms with van der Waals surface area (Å²) in [4.78, 5) is 25.8. The van der Waals surface area contributed by atoms with Gasteiger partial charge in [-0.2, -0.15) is 0 Å². The fourth-order valence-electron chi connectivity index (χ4n) is 3.24. The molecule has 1 aliphatic carbocycles. The number of hydrogen-bond acceptors (Lipinski definition) is 4. The van der Waals surface area contributed by atoms with Crippen molar-refractivity contribution in [2.24, 2.45) is 11.8 Å². The van der Waals surface area contributed by atoms with E-state index in [4.69, 9.17) is 9.47 Å². The number of hydrogen-bond donors (Lipinski definition) is 1. The molecule has 1 aliphatic heterocycles. The van der Waals surface area contributed by atoms with Gasteiger partial charge in [-0.1, -0.05) is 6.07 Å². The third-order valence-electron chi connectivity index (χ3n) is 4.93. The normalized spacial score (nSPS) is 19.8. The van der Waals surface area contributed by atoms with E-state index in [0.717, 1.165) is 31.4 Å². The van der Waals surface area contributed by atoms with E-state index in [1.165, 1.54) is 0 Å². The van der Waals surface area contributed by atoms with Gasteiger partial charge in [0, 0.05) is 37.9 Å². The summed E-state index contributed by atoms with van der Waals surface area (Å²) in [6.45, 7) is 2.01. The van der Waals surface area contributed by atoms with Crippen molar-refractivity contribution >= 4 is 11.8 Å². The number of carbonyl (C=O) groups excluding carboxylic acids is 2. The first-order chi connectivity index (χ1) is 12.1. The summed E-state index contributed by atoms with van der Waals surface area (Å²) in [5.74, 6) is 2.17. The third kappa shape index (κ3) is 4.44. The first-order valence-electron chi connectivity index (χ1n) is 8.87. The van der Waals surface area contributed by atoms with Crippen molar-refractivity contribution < 1.29 is 19.1 Å². The molecular formula is C19H26N2O4. The molecule has 1 N–H and O–H groups in total. The summed E-state index contributed by atoms with van der Waals surface area (Å²) >= 11 is 0. The Balaban J connectivity index is 1.48. The molecule has 1 aromatic rings. The van der Waals surface area contributed by atoms with Gasteiger partial charge in [-0.05, 0) is 37.0 Å². The lowest BCUT2D eigenvalue weighted by atomic mass is 10.1. The summed E-state index contributed by atoms with van der Waals surface area (Å²) in [7, 11) is 3.23. The fourth-order valence-corrected chi connectivity index (χ4v) is 3.24. The fraction of sp³-hybridized carbons (Fsp3) is 0.579. The molecule has 0 bridgehead atoms. The number of likely N-dealkylation sites (tertiary alicyclic amines) is 1. The van der Waals surface area contributed by atoms with Crippen LogP contribution >= 0.6 is 0 Å². The van der Waals surface area contributed by atoms with Gasteiger partial charge < -0.3 is 19.7 Å². The highest BCUT2D eigenvalue weighted by Crippen LogP contribution is 2.29. The van der Waals surface area contributed by atoms with E-state index < -0.39 is 0 Å².